The molecule has 0 saturated carbocycles. The third kappa shape index (κ3) is 2.49. The Hall–Kier alpha value is -0.960. The molecule has 0 aliphatic carbocycles. The van der Waals surface area contributed by atoms with Crippen LogP contribution in [0.3, 0.4) is 0 Å². The average Bonchev–Trinajstić information content (AvgIpc) is 2.21. The fourth-order valence-corrected chi connectivity index (χ4v) is 1.34. The van der Waals surface area contributed by atoms with Crippen LogP contribution in [-0.4, -0.2) is 16.7 Å². The lowest BCUT2D eigenvalue weighted by Gasteiger charge is -2.19. The summed E-state index contributed by atoms with van der Waals surface area (Å²) in [6.07, 6.45) is 4.31. The maximum atomic E-state index is 12.7. The summed E-state index contributed by atoms with van der Waals surface area (Å²) in [7, 11) is 0. The molecular weight excluding hydrogens is 167 g/mol. The number of halogens is 1. The Morgan fingerprint density at radius 2 is 2.15 bits per heavy atom. The van der Waals surface area contributed by atoms with E-state index in [9.17, 15) is 4.48 Å². The number of aromatic nitrogens is 1. The molecule has 1 aliphatic heterocycles. The number of hydrogen-bond donors (Lipinski definition) is 0. The first-order valence-corrected chi connectivity index (χ1v) is 4.69. The Balaban J connectivity index is 0.000000396. The molecule has 0 saturated heterocycles. The number of rotatable bonds is 0. The van der Waals surface area contributed by atoms with Gasteiger partial charge in [0.1, 0.15) is 0 Å². The molecule has 1 aliphatic rings. The van der Waals surface area contributed by atoms with E-state index in [1.807, 2.05) is 26.1 Å². The minimum Gasteiger partial charge on any atom is -0.264 e. The molecule has 0 bridgehead atoms. The second-order valence-electron chi connectivity index (χ2n) is 2.74. The predicted octanol–water partition coefficient (Wildman–Crippen LogP) is 2.35. The predicted molar refractivity (Wildman–Crippen MR) is 50.8 cm³/mol. The lowest BCUT2D eigenvalue weighted by molar-refractivity contribution is 0.0103. The second kappa shape index (κ2) is 4.92. The van der Waals surface area contributed by atoms with Crippen LogP contribution in [-0.2, 0) is 13.0 Å². The van der Waals surface area contributed by atoms with Crippen molar-refractivity contribution >= 4 is 0 Å². The summed E-state index contributed by atoms with van der Waals surface area (Å²) in [5.41, 5.74) is 2.25. The Bertz CT molecular complexity index is 263. The molecule has 0 N–H and O–H groups in total. The van der Waals surface area contributed by atoms with Gasteiger partial charge in [0.2, 0.25) is 0 Å². The van der Waals surface area contributed by atoms with Gasteiger partial charge in [0.25, 0.3) is 0 Å². The minimum atomic E-state index is 0.415. The van der Waals surface area contributed by atoms with Crippen LogP contribution in [0.15, 0.2) is 18.5 Å². The van der Waals surface area contributed by atoms with Crippen LogP contribution in [0.2, 0.25) is 0 Å². The Morgan fingerprint density at radius 1 is 1.38 bits per heavy atom. The number of hydrogen-bond acceptors (Lipinski definition) is 2. The molecule has 0 atom stereocenters. The summed E-state index contributed by atoms with van der Waals surface area (Å²) in [5.74, 6) is 0. The molecule has 2 rings (SSSR count). The van der Waals surface area contributed by atoms with E-state index in [0.717, 1.165) is 17.1 Å². The van der Waals surface area contributed by atoms with Crippen molar-refractivity contribution in [3.05, 3.63) is 29.6 Å². The van der Waals surface area contributed by atoms with Crippen molar-refractivity contribution in [1.29, 1.82) is 0 Å². The van der Waals surface area contributed by atoms with Crippen LogP contribution >= 0.6 is 0 Å². The topological polar surface area (TPSA) is 16.1 Å². The van der Waals surface area contributed by atoms with Gasteiger partial charge in [-0.25, -0.2) is 0 Å². The van der Waals surface area contributed by atoms with Crippen LogP contribution in [0.25, 0.3) is 0 Å². The van der Waals surface area contributed by atoms with E-state index < -0.39 is 0 Å². The highest BCUT2D eigenvalue weighted by molar-refractivity contribution is 5.24. The lowest BCUT2D eigenvalue weighted by Crippen LogP contribution is -2.23. The molecule has 3 heteroatoms. The van der Waals surface area contributed by atoms with Crippen LogP contribution in [0.5, 0.6) is 0 Å². The van der Waals surface area contributed by atoms with Crippen LogP contribution < -0.4 is 0 Å². The lowest BCUT2D eigenvalue weighted by atomic mass is 10.0. The quantitative estimate of drug-likeness (QED) is 0.572. The van der Waals surface area contributed by atoms with Crippen molar-refractivity contribution in [3.63, 3.8) is 0 Å². The van der Waals surface area contributed by atoms with Crippen molar-refractivity contribution < 1.29 is 4.48 Å². The van der Waals surface area contributed by atoms with Crippen molar-refractivity contribution in [2.45, 2.75) is 26.8 Å². The van der Waals surface area contributed by atoms with Crippen molar-refractivity contribution in [1.82, 2.24) is 10.1 Å². The molecule has 0 radical (unpaired) electrons. The van der Waals surface area contributed by atoms with E-state index in [-0.39, 0.29) is 0 Å². The SMILES string of the molecule is CC.FN1CCc2cnccc2C1. The third-order valence-electron chi connectivity index (χ3n) is 1.97. The van der Waals surface area contributed by atoms with Gasteiger partial charge in [-0.1, -0.05) is 13.8 Å². The van der Waals surface area contributed by atoms with E-state index in [1.165, 1.54) is 5.56 Å². The van der Waals surface area contributed by atoms with Crippen LogP contribution in [0.1, 0.15) is 25.0 Å². The third-order valence-corrected chi connectivity index (χ3v) is 1.97. The van der Waals surface area contributed by atoms with Gasteiger partial charge in [-0.2, -0.15) is 0 Å². The first-order chi connectivity index (χ1) is 6.36. The molecule has 0 fully saturated rings. The average molecular weight is 182 g/mol. The fraction of sp³-hybridized carbons (Fsp3) is 0.500. The summed E-state index contributed by atoms with van der Waals surface area (Å²) in [6.45, 7) is 4.91. The molecule has 0 aromatic carbocycles. The van der Waals surface area contributed by atoms with E-state index in [4.69, 9.17) is 0 Å². The first-order valence-electron chi connectivity index (χ1n) is 4.69. The molecular formula is C10H15FN2. The highest BCUT2D eigenvalue weighted by Crippen LogP contribution is 2.16. The van der Waals surface area contributed by atoms with Gasteiger partial charge >= 0.3 is 0 Å². The van der Waals surface area contributed by atoms with Crippen LogP contribution in [0.4, 0.5) is 4.48 Å². The molecule has 2 nitrogen and oxygen atoms in total. The molecule has 2 heterocycles. The summed E-state index contributed by atoms with van der Waals surface area (Å²) in [5, 5.41) is 0.836. The highest BCUT2D eigenvalue weighted by atomic mass is 19.2. The van der Waals surface area contributed by atoms with Crippen LogP contribution in [0, 0.1) is 0 Å². The monoisotopic (exact) mass is 182 g/mol. The largest absolute Gasteiger partial charge is 0.264 e. The highest BCUT2D eigenvalue weighted by Gasteiger charge is 2.14. The molecule has 13 heavy (non-hydrogen) atoms. The molecule has 0 unspecified atom stereocenters. The molecule has 0 spiro atoms. The van der Waals surface area contributed by atoms with E-state index in [1.54, 1.807) is 6.20 Å². The fourth-order valence-electron chi connectivity index (χ4n) is 1.34. The summed E-state index contributed by atoms with van der Waals surface area (Å²) < 4.78 is 12.7. The van der Waals surface area contributed by atoms with Crippen molar-refractivity contribution in [2.24, 2.45) is 0 Å². The minimum absolute atomic E-state index is 0.415. The smallest absolute Gasteiger partial charge is 0.0544 e. The second-order valence-corrected chi connectivity index (χ2v) is 2.74. The summed E-state index contributed by atoms with van der Waals surface area (Å²) in [6, 6.07) is 1.88. The first kappa shape index (κ1) is 10.1. The van der Waals surface area contributed by atoms with Gasteiger partial charge in [-0.3, -0.25) is 4.98 Å². The zero-order valence-corrected chi connectivity index (χ0v) is 8.13. The van der Waals surface area contributed by atoms with Gasteiger partial charge in [0, 0.05) is 18.9 Å². The van der Waals surface area contributed by atoms with Gasteiger partial charge in [-0.05, 0) is 23.6 Å². The zero-order valence-electron chi connectivity index (χ0n) is 8.13. The number of pyridine rings is 1. The Kier molecular flexibility index (Phi) is 3.83. The summed E-state index contributed by atoms with van der Waals surface area (Å²) in [4.78, 5) is 3.98. The molecule has 0 amide bonds. The van der Waals surface area contributed by atoms with Gasteiger partial charge in [0.15, 0.2) is 0 Å². The number of nitrogens with zero attached hydrogens (tertiary/aromatic N) is 2. The standard InChI is InChI=1S/C8H9FN2.C2H6/c9-11-4-2-7-5-10-3-1-8(7)6-11;1-2/h1,3,5H,2,4,6H2;1-2H3. The maximum Gasteiger partial charge on any atom is 0.0544 e. The molecule has 1 aromatic rings. The Labute approximate surface area is 78.3 Å². The zero-order chi connectivity index (χ0) is 9.68. The van der Waals surface area contributed by atoms with Crippen molar-refractivity contribution in [3.8, 4) is 0 Å². The normalized spacial score (nSPS) is 15.6. The van der Waals surface area contributed by atoms with Gasteiger partial charge < -0.3 is 0 Å². The molecule has 72 valence electrons. The molecule has 1 aromatic heterocycles. The van der Waals surface area contributed by atoms with E-state index in [0.29, 0.717) is 13.1 Å². The number of fused-ring (bicyclic) bond motifs is 1. The van der Waals surface area contributed by atoms with Gasteiger partial charge in [-0.15, -0.1) is 9.60 Å². The Morgan fingerprint density at radius 3 is 2.92 bits per heavy atom. The van der Waals surface area contributed by atoms with Gasteiger partial charge in [0.05, 0.1) is 6.54 Å². The van der Waals surface area contributed by atoms with E-state index in [2.05, 4.69) is 4.98 Å². The van der Waals surface area contributed by atoms with E-state index >= 15 is 0 Å². The summed E-state index contributed by atoms with van der Waals surface area (Å²) >= 11 is 0. The maximum absolute atomic E-state index is 12.7. The van der Waals surface area contributed by atoms with Crippen molar-refractivity contribution in [2.75, 3.05) is 6.54 Å².